The van der Waals surface area contributed by atoms with Gasteiger partial charge >= 0.3 is 0 Å². The molecule has 1 aromatic carbocycles. The first kappa shape index (κ1) is 13.0. The SMILES string of the molecule is NC(CC1CCCC1)c1c(F)ccc(Br)c1F. The van der Waals surface area contributed by atoms with Crippen LogP contribution in [0.1, 0.15) is 43.7 Å². The van der Waals surface area contributed by atoms with Crippen molar-refractivity contribution in [2.45, 2.75) is 38.1 Å². The van der Waals surface area contributed by atoms with Crippen LogP contribution in [0.15, 0.2) is 16.6 Å². The summed E-state index contributed by atoms with van der Waals surface area (Å²) in [6.07, 6.45) is 5.35. The van der Waals surface area contributed by atoms with Crippen molar-refractivity contribution >= 4 is 15.9 Å². The van der Waals surface area contributed by atoms with Crippen LogP contribution in [0, 0.1) is 17.6 Å². The van der Waals surface area contributed by atoms with E-state index in [2.05, 4.69) is 15.9 Å². The standard InChI is InChI=1S/C13H16BrF2N/c14-9-5-6-10(15)12(13(9)16)11(17)7-8-3-1-2-4-8/h5-6,8,11H,1-4,7,17H2. The highest BCUT2D eigenvalue weighted by Crippen LogP contribution is 2.34. The summed E-state index contributed by atoms with van der Waals surface area (Å²) in [4.78, 5) is 0. The molecule has 0 bridgehead atoms. The number of rotatable bonds is 3. The molecule has 2 N–H and O–H groups in total. The van der Waals surface area contributed by atoms with Crippen molar-refractivity contribution in [2.24, 2.45) is 11.7 Å². The third-order valence-corrected chi connectivity index (χ3v) is 4.12. The molecule has 1 aliphatic rings. The summed E-state index contributed by atoms with van der Waals surface area (Å²) in [5.41, 5.74) is 5.96. The van der Waals surface area contributed by atoms with E-state index in [1.165, 1.54) is 25.0 Å². The minimum absolute atomic E-state index is 0.0197. The van der Waals surface area contributed by atoms with Crippen molar-refractivity contribution in [1.82, 2.24) is 0 Å². The lowest BCUT2D eigenvalue weighted by Crippen LogP contribution is -2.17. The van der Waals surface area contributed by atoms with Gasteiger partial charge in [-0.3, -0.25) is 0 Å². The Morgan fingerprint density at radius 2 is 1.94 bits per heavy atom. The van der Waals surface area contributed by atoms with Crippen LogP contribution < -0.4 is 5.73 Å². The van der Waals surface area contributed by atoms with Crippen LogP contribution in [0.3, 0.4) is 0 Å². The van der Waals surface area contributed by atoms with E-state index in [0.717, 1.165) is 12.8 Å². The molecule has 1 unspecified atom stereocenters. The highest BCUT2D eigenvalue weighted by molar-refractivity contribution is 9.10. The first-order valence-electron chi connectivity index (χ1n) is 5.98. The Balaban J connectivity index is 2.17. The van der Waals surface area contributed by atoms with Gasteiger partial charge in [0, 0.05) is 11.6 Å². The van der Waals surface area contributed by atoms with Crippen LogP contribution in [0.4, 0.5) is 8.78 Å². The Morgan fingerprint density at radius 3 is 2.59 bits per heavy atom. The molecule has 1 aromatic rings. The van der Waals surface area contributed by atoms with E-state index in [1.54, 1.807) is 0 Å². The fraction of sp³-hybridized carbons (Fsp3) is 0.538. The number of benzene rings is 1. The molecule has 1 aliphatic carbocycles. The van der Waals surface area contributed by atoms with Gasteiger partial charge in [0.15, 0.2) is 0 Å². The fourth-order valence-electron chi connectivity index (χ4n) is 2.61. The monoisotopic (exact) mass is 303 g/mol. The van der Waals surface area contributed by atoms with Crippen molar-refractivity contribution in [3.05, 3.63) is 33.8 Å². The average Bonchev–Trinajstić information content (AvgIpc) is 2.77. The molecule has 0 saturated heterocycles. The Labute approximate surface area is 109 Å². The van der Waals surface area contributed by atoms with E-state index in [0.29, 0.717) is 12.3 Å². The van der Waals surface area contributed by atoms with Crippen LogP contribution in [-0.2, 0) is 0 Å². The second-order valence-electron chi connectivity index (χ2n) is 4.75. The first-order chi connectivity index (χ1) is 8.09. The van der Waals surface area contributed by atoms with Gasteiger partial charge in [-0.25, -0.2) is 8.78 Å². The maximum Gasteiger partial charge on any atom is 0.145 e. The van der Waals surface area contributed by atoms with Gasteiger partial charge in [-0.15, -0.1) is 0 Å². The lowest BCUT2D eigenvalue weighted by Gasteiger charge is -2.18. The molecule has 1 fully saturated rings. The molecule has 0 spiro atoms. The number of halogens is 3. The van der Waals surface area contributed by atoms with Gasteiger partial charge in [-0.2, -0.15) is 0 Å². The van der Waals surface area contributed by atoms with Crippen molar-refractivity contribution in [2.75, 3.05) is 0 Å². The lowest BCUT2D eigenvalue weighted by atomic mass is 9.93. The molecule has 0 amide bonds. The minimum Gasteiger partial charge on any atom is -0.324 e. The van der Waals surface area contributed by atoms with Crippen molar-refractivity contribution in [3.63, 3.8) is 0 Å². The molecule has 4 heteroatoms. The van der Waals surface area contributed by atoms with Crippen molar-refractivity contribution < 1.29 is 8.78 Å². The second kappa shape index (κ2) is 5.44. The third kappa shape index (κ3) is 2.86. The zero-order chi connectivity index (χ0) is 12.4. The Morgan fingerprint density at radius 1 is 1.29 bits per heavy atom. The topological polar surface area (TPSA) is 26.0 Å². The second-order valence-corrected chi connectivity index (χ2v) is 5.60. The summed E-state index contributed by atoms with van der Waals surface area (Å²) >= 11 is 3.06. The van der Waals surface area contributed by atoms with Gasteiger partial charge in [0.25, 0.3) is 0 Å². The molecular weight excluding hydrogens is 288 g/mol. The highest BCUT2D eigenvalue weighted by Gasteiger charge is 2.24. The highest BCUT2D eigenvalue weighted by atomic mass is 79.9. The smallest absolute Gasteiger partial charge is 0.145 e. The summed E-state index contributed by atoms with van der Waals surface area (Å²) in [5, 5.41) is 0. The van der Waals surface area contributed by atoms with E-state index < -0.39 is 17.7 Å². The van der Waals surface area contributed by atoms with Crippen LogP contribution in [0.25, 0.3) is 0 Å². The number of nitrogens with two attached hydrogens (primary N) is 1. The van der Waals surface area contributed by atoms with E-state index in [1.807, 2.05) is 0 Å². The maximum atomic E-state index is 13.8. The van der Waals surface area contributed by atoms with E-state index in [9.17, 15) is 8.78 Å². The molecular formula is C13H16BrF2N. The van der Waals surface area contributed by atoms with Crippen LogP contribution in [0.2, 0.25) is 0 Å². The van der Waals surface area contributed by atoms with Gasteiger partial charge in [0.2, 0.25) is 0 Å². The molecule has 1 nitrogen and oxygen atoms in total. The fourth-order valence-corrected chi connectivity index (χ4v) is 2.95. The lowest BCUT2D eigenvalue weighted by molar-refractivity contribution is 0.425. The first-order valence-corrected chi connectivity index (χ1v) is 6.78. The molecule has 2 rings (SSSR count). The van der Waals surface area contributed by atoms with Gasteiger partial charge in [0.1, 0.15) is 11.6 Å². The molecule has 0 radical (unpaired) electrons. The zero-order valence-electron chi connectivity index (χ0n) is 9.56. The Bertz CT molecular complexity index is 403. The van der Waals surface area contributed by atoms with E-state index >= 15 is 0 Å². The van der Waals surface area contributed by atoms with Gasteiger partial charge in [-0.1, -0.05) is 25.7 Å². The summed E-state index contributed by atoms with van der Waals surface area (Å²) < 4.78 is 27.7. The van der Waals surface area contributed by atoms with Crippen LogP contribution in [-0.4, -0.2) is 0 Å². The van der Waals surface area contributed by atoms with E-state index in [-0.39, 0.29) is 10.0 Å². The Kier molecular flexibility index (Phi) is 4.15. The molecule has 17 heavy (non-hydrogen) atoms. The zero-order valence-corrected chi connectivity index (χ0v) is 11.1. The molecule has 0 aliphatic heterocycles. The van der Waals surface area contributed by atoms with Crippen molar-refractivity contribution in [3.8, 4) is 0 Å². The molecule has 94 valence electrons. The summed E-state index contributed by atoms with van der Waals surface area (Å²) in [6.45, 7) is 0. The summed E-state index contributed by atoms with van der Waals surface area (Å²) in [5.74, 6) is -0.588. The average molecular weight is 304 g/mol. The normalized spacial score (nSPS) is 18.6. The third-order valence-electron chi connectivity index (χ3n) is 3.51. The molecule has 0 aromatic heterocycles. The minimum atomic E-state index is -0.560. The van der Waals surface area contributed by atoms with Gasteiger partial charge in [-0.05, 0) is 40.4 Å². The predicted molar refractivity (Wildman–Crippen MR) is 67.6 cm³/mol. The quantitative estimate of drug-likeness (QED) is 0.828. The van der Waals surface area contributed by atoms with Gasteiger partial charge in [0.05, 0.1) is 4.47 Å². The molecule has 1 atom stereocenters. The van der Waals surface area contributed by atoms with Crippen LogP contribution >= 0.6 is 15.9 Å². The number of hydrogen-bond donors (Lipinski definition) is 1. The van der Waals surface area contributed by atoms with Crippen molar-refractivity contribution in [1.29, 1.82) is 0 Å². The van der Waals surface area contributed by atoms with Crippen LogP contribution in [0.5, 0.6) is 0 Å². The van der Waals surface area contributed by atoms with E-state index in [4.69, 9.17) is 5.73 Å². The summed E-state index contributed by atoms with van der Waals surface area (Å²) in [6, 6.07) is 2.09. The predicted octanol–water partition coefficient (Wildman–Crippen LogP) is 4.31. The Hall–Kier alpha value is -0.480. The largest absolute Gasteiger partial charge is 0.324 e. The maximum absolute atomic E-state index is 13.8. The number of hydrogen-bond acceptors (Lipinski definition) is 1. The van der Waals surface area contributed by atoms with Gasteiger partial charge < -0.3 is 5.73 Å². The molecule has 0 heterocycles. The molecule has 1 saturated carbocycles. The summed E-state index contributed by atoms with van der Waals surface area (Å²) in [7, 11) is 0.